The zero-order valence-corrected chi connectivity index (χ0v) is 11.9. The van der Waals surface area contributed by atoms with Gasteiger partial charge in [-0.2, -0.15) is 0 Å². The molecule has 4 heteroatoms. The van der Waals surface area contributed by atoms with Gasteiger partial charge in [0.05, 0.1) is 0 Å². The maximum atomic E-state index is 4.03. The van der Waals surface area contributed by atoms with Crippen LogP contribution < -0.4 is 0 Å². The number of halogens is 2. The van der Waals surface area contributed by atoms with Crippen molar-refractivity contribution in [3.05, 3.63) is 28.5 Å². The summed E-state index contributed by atoms with van der Waals surface area (Å²) in [4.78, 5) is 4.03. The molecule has 1 heterocycles. The predicted molar refractivity (Wildman–Crippen MR) is 71.8 cm³/mol. The lowest BCUT2D eigenvalue weighted by atomic mass is 10.3. The Kier molecular flexibility index (Phi) is 9.03. The van der Waals surface area contributed by atoms with Gasteiger partial charge in [-0.3, -0.25) is 0 Å². The van der Waals surface area contributed by atoms with Crippen molar-refractivity contribution in [2.75, 3.05) is 0 Å². The molecule has 0 unspecified atom stereocenters. The van der Waals surface area contributed by atoms with Crippen molar-refractivity contribution in [3.8, 4) is 11.2 Å². The molecule has 0 N–H and O–H groups in total. The van der Waals surface area contributed by atoms with Crippen LogP contribution in [0.5, 0.6) is 0 Å². The van der Waals surface area contributed by atoms with E-state index in [2.05, 4.69) is 53.3 Å². The molecule has 0 radical (unpaired) electrons. The highest BCUT2D eigenvalue weighted by molar-refractivity contribution is 14.2. The standard InChI is InChI=1S/C7H3BrINS.C2H6/c8-7-2-1-6(5-10-7)3-4-11-9;1-2/h1-2,5H;1-2H3. The minimum atomic E-state index is 0.838. The van der Waals surface area contributed by atoms with Crippen molar-refractivity contribution in [1.82, 2.24) is 4.98 Å². The van der Waals surface area contributed by atoms with Crippen LogP contribution in [0.3, 0.4) is 0 Å². The third-order valence-electron chi connectivity index (χ3n) is 0.961. The summed E-state index contributed by atoms with van der Waals surface area (Å²) in [7, 11) is 1.47. The molecule has 0 bridgehead atoms. The second-order valence-corrected chi connectivity index (χ2v) is 4.17. The number of nitrogens with zero attached hydrogens (tertiary/aromatic N) is 1. The molecule has 1 aromatic heterocycles. The quantitative estimate of drug-likeness (QED) is 0.385. The van der Waals surface area contributed by atoms with Crippen molar-refractivity contribution < 1.29 is 0 Å². The van der Waals surface area contributed by atoms with Gasteiger partial charge in [-0.15, -0.1) is 0 Å². The zero-order chi connectivity index (χ0) is 10.1. The van der Waals surface area contributed by atoms with E-state index in [-0.39, 0.29) is 0 Å². The van der Waals surface area contributed by atoms with E-state index in [9.17, 15) is 0 Å². The third-order valence-corrected chi connectivity index (χ3v) is 2.27. The fourth-order valence-corrected chi connectivity index (χ4v) is 1.25. The Morgan fingerprint density at radius 1 is 1.46 bits per heavy atom. The highest BCUT2D eigenvalue weighted by Gasteiger charge is 1.86. The van der Waals surface area contributed by atoms with Gasteiger partial charge in [0, 0.05) is 33.0 Å². The topological polar surface area (TPSA) is 12.9 Å². The average Bonchev–Trinajstić information content (AvgIpc) is 2.20. The normalized spacial score (nSPS) is 7.69. The summed E-state index contributed by atoms with van der Waals surface area (Å²) < 4.78 is 0.838. The first kappa shape index (κ1) is 13.3. The lowest BCUT2D eigenvalue weighted by Gasteiger charge is -1.88. The molecule has 1 rings (SSSR count). The van der Waals surface area contributed by atoms with E-state index >= 15 is 0 Å². The van der Waals surface area contributed by atoms with Crippen molar-refractivity contribution in [2.24, 2.45) is 0 Å². The Balaban J connectivity index is 0.000000671. The van der Waals surface area contributed by atoms with Crippen LogP contribution in [0.15, 0.2) is 22.9 Å². The lowest BCUT2D eigenvalue weighted by Crippen LogP contribution is -1.76. The monoisotopic (exact) mass is 369 g/mol. The predicted octanol–water partition coefficient (Wildman–Crippen LogP) is 4.26. The highest BCUT2D eigenvalue weighted by Crippen LogP contribution is 2.09. The Bertz CT molecular complexity index is 289. The first-order valence-electron chi connectivity index (χ1n) is 3.73. The molecule has 0 aromatic carbocycles. The Hall–Kier alpha value is 0.270. The molecule has 0 spiro atoms. The van der Waals surface area contributed by atoms with E-state index in [1.807, 2.05) is 26.0 Å². The Labute approximate surface area is 104 Å². The number of hydrogen-bond donors (Lipinski definition) is 0. The molecule has 0 amide bonds. The van der Waals surface area contributed by atoms with E-state index in [1.54, 1.807) is 6.20 Å². The van der Waals surface area contributed by atoms with Gasteiger partial charge in [-0.1, -0.05) is 19.8 Å². The molecule has 0 aliphatic heterocycles. The minimum Gasteiger partial charge on any atom is -0.248 e. The van der Waals surface area contributed by atoms with Crippen molar-refractivity contribution >= 4 is 46.1 Å². The van der Waals surface area contributed by atoms with Gasteiger partial charge in [0.1, 0.15) is 4.60 Å². The fraction of sp³-hybridized carbons (Fsp3) is 0.222. The molecule has 0 fully saturated rings. The van der Waals surface area contributed by atoms with Crippen LogP contribution in [0.4, 0.5) is 0 Å². The zero-order valence-electron chi connectivity index (χ0n) is 7.34. The molecule has 0 saturated carbocycles. The van der Waals surface area contributed by atoms with Crippen LogP contribution in [-0.4, -0.2) is 4.98 Å². The summed E-state index contributed by atoms with van der Waals surface area (Å²) in [6.45, 7) is 4.00. The van der Waals surface area contributed by atoms with Gasteiger partial charge in [-0.25, -0.2) is 4.98 Å². The first-order chi connectivity index (χ1) is 6.33. The molecule has 0 aliphatic rings. The van der Waals surface area contributed by atoms with Crippen LogP contribution in [0.25, 0.3) is 0 Å². The van der Waals surface area contributed by atoms with Gasteiger partial charge in [0.15, 0.2) is 0 Å². The molecule has 0 atom stereocenters. The Morgan fingerprint density at radius 2 is 2.15 bits per heavy atom. The van der Waals surface area contributed by atoms with Crippen LogP contribution in [0.2, 0.25) is 0 Å². The number of aromatic nitrogens is 1. The first-order valence-corrected chi connectivity index (χ1v) is 7.88. The van der Waals surface area contributed by atoms with E-state index < -0.39 is 0 Å². The molecule has 0 aliphatic carbocycles. The van der Waals surface area contributed by atoms with Crippen molar-refractivity contribution in [3.63, 3.8) is 0 Å². The number of rotatable bonds is 0. The van der Waals surface area contributed by atoms with E-state index in [1.165, 1.54) is 8.93 Å². The fourth-order valence-electron chi connectivity index (χ4n) is 0.528. The summed E-state index contributed by atoms with van der Waals surface area (Å²) in [6.07, 6.45) is 1.74. The van der Waals surface area contributed by atoms with Crippen molar-refractivity contribution in [1.29, 1.82) is 0 Å². The second kappa shape index (κ2) is 8.85. The molecule has 13 heavy (non-hydrogen) atoms. The number of pyridine rings is 1. The van der Waals surface area contributed by atoms with Crippen LogP contribution in [0.1, 0.15) is 19.4 Å². The SMILES string of the molecule is Brc1ccc(C#CSI)cn1.CC. The molecule has 1 nitrogen and oxygen atoms in total. The van der Waals surface area contributed by atoms with Crippen LogP contribution >= 0.6 is 46.1 Å². The summed E-state index contributed by atoms with van der Waals surface area (Å²) in [5, 5.41) is 2.88. The summed E-state index contributed by atoms with van der Waals surface area (Å²) in [6, 6.07) is 3.80. The van der Waals surface area contributed by atoms with E-state index in [0.29, 0.717) is 0 Å². The van der Waals surface area contributed by atoms with Crippen molar-refractivity contribution in [2.45, 2.75) is 13.8 Å². The van der Waals surface area contributed by atoms with Crippen LogP contribution in [0, 0.1) is 11.2 Å². The maximum Gasteiger partial charge on any atom is 0.106 e. The molecular weight excluding hydrogens is 361 g/mol. The highest BCUT2D eigenvalue weighted by atomic mass is 127. The summed E-state index contributed by atoms with van der Waals surface area (Å²) in [5.74, 6) is 2.94. The summed E-state index contributed by atoms with van der Waals surface area (Å²) >= 11 is 5.38. The average molecular weight is 370 g/mol. The van der Waals surface area contributed by atoms with Crippen LogP contribution in [-0.2, 0) is 0 Å². The molecule has 1 aromatic rings. The third kappa shape index (κ3) is 6.36. The lowest BCUT2D eigenvalue weighted by molar-refractivity contribution is 1.26. The van der Waals surface area contributed by atoms with Gasteiger partial charge in [0.25, 0.3) is 0 Å². The second-order valence-electron chi connectivity index (χ2n) is 1.67. The minimum absolute atomic E-state index is 0.838. The van der Waals surface area contributed by atoms with E-state index in [4.69, 9.17) is 0 Å². The van der Waals surface area contributed by atoms with Gasteiger partial charge >= 0.3 is 0 Å². The van der Waals surface area contributed by atoms with E-state index in [0.717, 1.165) is 10.2 Å². The maximum absolute atomic E-state index is 4.03. The largest absolute Gasteiger partial charge is 0.248 e. The summed E-state index contributed by atoms with van der Waals surface area (Å²) in [5.41, 5.74) is 0.942. The smallest absolute Gasteiger partial charge is 0.106 e. The molecular formula is C9H9BrINS. The van der Waals surface area contributed by atoms with Gasteiger partial charge in [-0.05, 0) is 42.2 Å². The van der Waals surface area contributed by atoms with Gasteiger partial charge in [0.2, 0.25) is 0 Å². The Morgan fingerprint density at radius 3 is 2.62 bits per heavy atom. The molecule has 70 valence electrons. The number of hydrogen-bond acceptors (Lipinski definition) is 2. The molecule has 0 saturated heterocycles. The van der Waals surface area contributed by atoms with Gasteiger partial charge < -0.3 is 0 Å².